The normalized spacial score (nSPS) is 14.0. The molecule has 8 heteroatoms. The fourth-order valence-electron chi connectivity index (χ4n) is 2.67. The number of hydrogen-bond donors (Lipinski definition) is 3. The highest BCUT2D eigenvalue weighted by Gasteiger charge is 2.12. The van der Waals surface area contributed by atoms with Crippen LogP contribution in [0.1, 0.15) is 5.56 Å². The van der Waals surface area contributed by atoms with Gasteiger partial charge in [-0.3, -0.25) is 0 Å². The number of urea groups is 1. The van der Waals surface area contributed by atoms with E-state index in [1.807, 2.05) is 37.3 Å². The molecule has 3 N–H and O–H groups in total. The Morgan fingerprint density at radius 3 is 2.85 bits per heavy atom. The highest BCUT2D eigenvalue weighted by atomic mass is 16.5. The summed E-state index contributed by atoms with van der Waals surface area (Å²) in [5.41, 5.74) is 1.88. The van der Waals surface area contributed by atoms with E-state index in [-0.39, 0.29) is 6.03 Å². The molecule has 0 radical (unpaired) electrons. The summed E-state index contributed by atoms with van der Waals surface area (Å²) in [5.74, 6) is 1.62. The molecule has 26 heavy (non-hydrogen) atoms. The fraction of sp³-hybridized carbons (Fsp3) is 0.389. The van der Waals surface area contributed by atoms with E-state index in [0.29, 0.717) is 26.3 Å². The zero-order chi connectivity index (χ0) is 18.2. The third-order valence-electron chi connectivity index (χ3n) is 3.98. The van der Waals surface area contributed by atoms with Gasteiger partial charge in [0.2, 0.25) is 0 Å². The minimum absolute atomic E-state index is 0.228. The average molecular weight is 356 g/mol. The van der Waals surface area contributed by atoms with E-state index < -0.39 is 0 Å². The van der Waals surface area contributed by atoms with Crippen LogP contribution in [0.2, 0.25) is 0 Å². The van der Waals surface area contributed by atoms with Gasteiger partial charge in [0.1, 0.15) is 18.0 Å². The maximum absolute atomic E-state index is 11.9. The van der Waals surface area contributed by atoms with Gasteiger partial charge in [-0.2, -0.15) is 0 Å². The van der Waals surface area contributed by atoms with Crippen molar-refractivity contribution < 1.29 is 9.53 Å². The van der Waals surface area contributed by atoms with Crippen LogP contribution in [-0.4, -0.2) is 55.4 Å². The van der Waals surface area contributed by atoms with Crippen LogP contribution in [0.4, 0.5) is 22.1 Å². The molecule has 0 aliphatic carbocycles. The first-order chi connectivity index (χ1) is 12.7. The average Bonchev–Trinajstić information content (AvgIpc) is 2.66. The lowest BCUT2D eigenvalue weighted by Gasteiger charge is -2.27. The van der Waals surface area contributed by atoms with Gasteiger partial charge in [0, 0.05) is 37.9 Å². The second kappa shape index (κ2) is 9.00. The van der Waals surface area contributed by atoms with E-state index in [1.165, 1.54) is 0 Å². The zero-order valence-electron chi connectivity index (χ0n) is 14.9. The predicted octanol–water partition coefficient (Wildman–Crippen LogP) is 1.86. The van der Waals surface area contributed by atoms with Gasteiger partial charge in [0.25, 0.3) is 0 Å². The highest BCUT2D eigenvalue weighted by molar-refractivity contribution is 5.89. The number of morpholine rings is 1. The molecule has 1 aromatic heterocycles. The summed E-state index contributed by atoms with van der Waals surface area (Å²) >= 11 is 0. The molecule has 0 atom stereocenters. The van der Waals surface area contributed by atoms with Gasteiger partial charge in [0.15, 0.2) is 0 Å². The Morgan fingerprint density at radius 2 is 2.04 bits per heavy atom. The minimum Gasteiger partial charge on any atom is -0.378 e. The Hall–Kier alpha value is -2.87. The van der Waals surface area contributed by atoms with Crippen molar-refractivity contribution in [2.24, 2.45) is 0 Å². The Kier molecular flexibility index (Phi) is 6.21. The number of anilines is 3. The van der Waals surface area contributed by atoms with Crippen LogP contribution in [0.3, 0.4) is 0 Å². The molecule has 0 unspecified atom stereocenters. The predicted molar refractivity (Wildman–Crippen MR) is 102 cm³/mol. The van der Waals surface area contributed by atoms with Crippen molar-refractivity contribution in [2.45, 2.75) is 6.92 Å². The van der Waals surface area contributed by atoms with Crippen LogP contribution in [-0.2, 0) is 4.74 Å². The summed E-state index contributed by atoms with van der Waals surface area (Å²) in [7, 11) is 0. The van der Waals surface area contributed by atoms with Crippen molar-refractivity contribution in [2.75, 3.05) is 54.9 Å². The Labute approximate surface area is 153 Å². The number of nitrogens with zero attached hydrogens (tertiary/aromatic N) is 3. The molecule has 2 aromatic rings. The quantitative estimate of drug-likeness (QED) is 0.685. The Morgan fingerprint density at radius 1 is 1.19 bits per heavy atom. The summed E-state index contributed by atoms with van der Waals surface area (Å²) in [5, 5.41) is 8.83. The van der Waals surface area contributed by atoms with Crippen molar-refractivity contribution in [1.82, 2.24) is 15.3 Å². The maximum Gasteiger partial charge on any atom is 0.319 e. The van der Waals surface area contributed by atoms with Crippen LogP contribution < -0.4 is 20.9 Å². The number of ether oxygens (including phenoxy) is 1. The molecular weight excluding hydrogens is 332 g/mol. The number of aromatic nitrogens is 2. The zero-order valence-corrected chi connectivity index (χ0v) is 14.9. The fourth-order valence-corrected chi connectivity index (χ4v) is 2.67. The molecule has 1 saturated heterocycles. The van der Waals surface area contributed by atoms with Gasteiger partial charge < -0.3 is 25.6 Å². The lowest BCUT2D eigenvalue weighted by atomic mass is 10.2. The topological polar surface area (TPSA) is 91.4 Å². The van der Waals surface area contributed by atoms with Gasteiger partial charge in [-0.15, -0.1) is 0 Å². The summed E-state index contributed by atoms with van der Waals surface area (Å²) in [4.78, 5) is 22.6. The Bertz CT molecular complexity index is 733. The lowest BCUT2D eigenvalue weighted by Crippen LogP contribution is -2.36. The van der Waals surface area contributed by atoms with E-state index in [1.54, 1.807) is 6.33 Å². The molecule has 2 amide bonds. The van der Waals surface area contributed by atoms with E-state index in [9.17, 15) is 4.79 Å². The van der Waals surface area contributed by atoms with E-state index >= 15 is 0 Å². The number of benzene rings is 1. The number of carbonyl (C=O) groups is 1. The van der Waals surface area contributed by atoms with E-state index in [2.05, 4.69) is 30.8 Å². The van der Waals surface area contributed by atoms with E-state index in [0.717, 1.165) is 36.0 Å². The number of amides is 2. The first-order valence-electron chi connectivity index (χ1n) is 8.71. The second-order valence-corrected chi connectivity index (χ2v) is 6.04. The van der Waals surface area contributed by atoms with Crippen molar-refractivity contribution in [3.63, 3.8) is 0 Å². The van der Waals surface area contributed by atoms with Crippen molar-refractivity contribution in [3.05, 3.63) is 42.2 Å². The molecule has 0 spiro atoms. The molecule has 8 nitrogen and oxygen atoms in total. The van der Waals surface area contributed by atoms with Gasteiger partial charge >= 0.3 is 6.03 Å². The SMILES string of the molecule is Cc1cccc(NC(=O)NCCNc2cc(N3CCOCC3)ncn2)c1. The van der Waals surface area contributed by atoms with Crippen LogP contribution in [0, 0.1) is 6.92 Å². The number of rotatable bonds is 6. The first-order valence-corrected chi connectivity index (χ1v) is 8.71. The third-order valence-corrected chi connectivity index (χ3v) is 3.98. The summed E-state index contributed by atoms with van der Waals surface area (Å²) in [6, 6.07) is 9.37. The van der Waals surface area contributed by atoms with Crippen LogP contribution in [0.25, 0.3) is 0 Å². The molecule has 3 rings (SSSR count). The molecule has 1 aromatic carbocycles. The second-order valence-electron chi connectivity index (χ2n) is 6.04. The van der Waals surface area contributed by atoms with Gasteiger partial charge in [-0.05, 0) is 24.6 Å². The molecular formula is C18H24N6O2. The Balaban J connectivity index is 1.41. The van der Waals surface area contributed by atoms with Gasteiger partial charge in [-0.1, -0.05) is 12.1 Å². The first kappa shape index (κ1) is 17.9. The van der Waals surface area contributed by atoms with Crippen LogP contribution in [0.5, 0.6) is 0 Å². The monoisotopic (exact) mass is 356 g/mol. The van der Waals surface area contributed by atoms with Crippen molar-refractivity contribution >= 4 is 23.4 Å². The van der Waals surface area contributed by atoms with Crippen molar-refractivity contribution in [1.29, 1.82) is 0 Å². The number of aryl methyl sites for hydroxylation is 1. The molecule has 138 valence electrons. The summed E-state index contributed by atoms with van der Waals surface area (Å²) < 4.78 is 5.36. The molecule has 1 aliphatic heterocycles. The van der Waals surface area contributed by atoms with Crippen LogP contribution >= 0.6 is 0 Å². The van der Waals surface area contributed by atoms with Crippen molar-refractivity contribution in [3.8, 4) is 0 Å². The number of hydrogen-bond acceptors (Lipinski definition) is 6. The smallest absolute Gasteiger partial charge is 0.319 e. The lowest BCUT2D eigenvalue weighted by molar-refractivity contribution is 0.122. The maximum atomic E-state index is 11.9. The third kappa shape index (κ3) is 5.32. The number of nitrogens with one attached hydrogen (secondary N) is 3. The van der Waals surface area contributed by atoms with Gasteiger partial charge in [-0.25, -0.2) is 14.8 Å². The van der Waals surface area contributed by atoms with E-state index in [4.69, 9.17) is 4.74 Å². The summed E-state index contributed by atoms with van der Waals surface area (Å²) in [6.45, 7) is 6.13. The highest BCUT2D eigenvalue weighted by Crippen LogP contribution is 2.15. The largest absolute Gasteiger partial charge is 0.378 e. The number of carbonyl (C=O) groups excluding carboxylic acids is 1. The molecule has 2 heterocycles. The molecule has 0 bridgehead atoms. The molecule has 1 aliphatic rings. The molecule has 1 fully saturated rings. The van der Waals surface area contributed by atoms with Crippen LogP contribution in [0.15, 0.2) is 36.7 Å². The standard InChI is InChI=1S/C18H24N6O2/c1-14-3-2-4-15(11-14)23-18(25)20-6-5-19-16-12-17(22-13-21-16)24-7-9-26-10-8-24/h2-4,11-13H,5-10H2,1H3,(H,19,21,22)(H2,20,23,25). The summed E-state index contributed by atoms with van der Waals surface area (Å²) in [6.07, 6.45) is 1.55. The molecule has 0 saturated carbocycles. The van der Waals surface area contributed by atoms with Gasteiger partial charge in [0.05, 0.1) is 13.2 Å². The minimum atomic E-state index is -0.228.